The first-order valence-corrected chi connectivity index (χ1v) is 7.33. The zero-order valence-corrected chi connectivity index (χ0v) is 12.6. The molecule has 4 nitrogen and oxygen atoms in total. The maximum atomic E-state index is 5.98. The van der Waals surface area contributed by atoms with Crippen molar-refractivity contribution in [2.75, 3.05) is 11.1 Å². The summed E-state index contributed by atoms with van der Waals surface area (Å²) >= 11 is 0. The van der Waals surface area contributed by atoms with Crippen molar-refractivity contribution in [2.45, 2.75) is 65.8 Å². The molecule has 19 heavy (non-hydrogen) atoms. The summed E-state index contributed by atoms with van der Waals surface area (Å²) in [6.07, 6.45) is 5.91. The second-order valence-electron chi connectivity index (χ2n) is 6.28. The molecule has 0 amide bonds. The van der Waals surface area contributed by atoms with Crippen molar-refractivity contribution in [3.8, 4) is 0 Å². The van der Waals surface area contributed by atoms with Crippen LogP contribution in [-0.2, 0) is 6.42 Å². The molecule has 0 spiro atoms. The van der Waals surface area contributed by atoms with Crippen molar-refractivity contribution in [3.05, 3.63) is 11.4 Å². The van der Waals surface area contributed by atoms with Gasteiger partial charge in [-0.15, -0.1) is 0 Å². The van der Waals surface area contributed by atoms with Gasteiger partial charge in [-0.25, -0.2) is 9.97 Å². The maximum absolute atomic E-state index is 5.98. The highest BCUT2D eigenvalue weighted by Gasteiger charge is 2.32. The minimum absolute atomic E-state index is 0.316. The third-order valence-electron chi connectivity index (χ3n) is 4.36. The lowest BCUT2D eigenvalue weighted by molar-refractivity contribution is 0.216. The van der Waals surface area contributed by atoms with Gasteiger partial charge in [-0.3, -0.25) is 0 Å². The van der Waals surface area contributed by atoms with E-state index in [9.17, 15) is 0 Å². The first-order valence-electron chi connectivity index (χ1n) is 7.33. The number of anilines is 2. The van der Waals surface area contributed by atoms with Crippen LogP contribution in [-0.4, -0.2) is 16.0 Å². The molecule has 0 bridgehead atoms. The van der Waals surface area contributed by atoms with Crippen molar-refractivity contribution >= 4 is 11.6 Å². The van der Waals surface area contributed by atoms with Gasteiger partial charge in [0, 0.05) is 18.0 Å². The standard InChI is InChI=1S/C15H26N4/c1-5-12-18-13(16)10(2)14(19-12)17-11-8-6-7-9-15(11,3)4/h11H,5-9H2,1-4H3,(H3,16,17,18,19). The highest BCUT2D eigenvalue weighted by Crippen LogP contribution is 2.37. The largest absolute Gasteiger partial charge is 0.383 e. The van der Waals surface area contributed by atoms with Crippen LogP contribution in [0.1, 0.15) is 57.8 Å². The molecule has 4 heteroatoms. The molecule has 0 radical (unpaired) electrons. The summed E-state index contributed by atoms with van der Waals surface area (Å²) < 4.78 is 0. The summed E-state index contributed by atoms with van der Waals surface area (Å²) in [7, 11) is 0. The Morgan fingerprint density at radius 2 is 2.05 bits per heavy atom. The minimum atomic E-state index is 0.316. The van der Waals surface area contributed by atoms with E-state index in [-0.39, 0.29) is 0 Å². The zero-order chi connectivity index (χ0) is 14.0. The van der Waals surface area contributed by atoms with Gasteiger partial charge in [0.15, 0.2) is 0 Å². The average Bonchev–Trinajstić information content (AvgIpc) is 2.36. The zero-order valence-electron chi connectivity index (χ0n) is 12.6. The Kier molecular flexibility index (Phi) is 3.97. The number of aromatic nitrogens is 2. The third-order valence-corrected chi connectivity index (χ3v) is 4.36. The smallest absolute Gasteiger partial charge is 0.135 e. The van der Waals surface area contributed by atoms with Crippen molar-refractivity contribution in [1.82, 2.24) is 9.97 Å². The quantitative estimate of drug-likeness (QED) is 0.877. The Hall–Kier alpha value is -1.32. The third kappa shape index (κ3) is 2.99. The minimum Gasteiger partial charge on any atom is -0.383 e. The molecule has 0 aliphatic heterocycles. The first kappa shape index (κ1) is 14.1. The van der Waals surface area contributed by atoms with E-state index in [1.807, 2.05) is 6.92 Å². The number of nitrogens with zero attached hydrogens (tertiary/aromatic N) is 2. The molecule has 1 unspecified atom stereocenters. The second-order valence-corrected chi connectivity index (χ2v) is 6.28. The summed E-state index contributed by atoms with van der Waals surface area (Å²) in [5.41, 5.74) is 7.27. The Balaban J connectivity index is 2.25. The van der Waals surface area contributed by atoms with Gasteiger partial charge in [-0.05, 0) is 25.2 Å². The Bertz CT molecular complexity index is 454. The molecule has 1 aliphatic rings. The fraction of sp³-hybridized carbons (Fsp3) is 0.733. The molecule has 1 atom stereocenters. The fourth-order valence-electron chi connectivity index (χ4n) is 2.81. The molecule has 1 aliphatic carbocycles. The molecule has 106 valence electrons. The van der Waals surface area contributed by atoms with Gasteiger partial charge in [-0.1, -0.05) is 33.6 Å². The summed E-state index contributed by atoms with van der Waals surface area (Å²) in [4.78, 5) is 8.92. The van der Waals surface area contributed by atoms with E-state index in [1.165, 1.54) is 25.7 Å². The second kappa shape index (κ2) is 5.35. The SMILES string of the molecule is CCc1nc(N)c(C)c(NC2CCCCC2(C)C)n1. The summed E-state index contributed by atoms with van der Waals surface area (Å²) in [6.45, 7) is 8.72. The van der Waals surface area contributed by atoms with Crippen LogP contribution in [0.3, 0.4) is 0 Å². The Morgan fingerprint density at radius 1 is 1.32 bits per heavy atom. The monoisotopic (exact) mass is 262 g/mol. The van der Waals surface area contributed by atoms with E-state index in [1.54, 1.807) is 0 Å². The van der Waals surface area contributed by atoms with E-state index < -0.39 is 0 Å². The van der Waals surface area contributed by atoms with Gasteiger partial charge in [-0.2, -0.15) is 0 Å². The van der Waals surface area contributed by atoms with Crippen LogP contribution in [0, 0.1) is 12.3 Å². The van der Waals surface area contributed by atoms with Crippen LogP contribution in [0.2, 0.25) is 0 Å². The van der Waals surface area contributed by atoms with Crippen molar-refractivity contribution in [3.63, 3.8) is 0 Å². The molecular formula is C15H26N4. The summed E-state index contributed by atoms with van der Waals surface area (Å²) in [5.74, 6) is 2.34. The molecule has 0 saturated heterocycles. The van der Waals surface area contributed by atoms with E-state index in [0.717, 1.165) is 23.6 Å². The molecule has 1 saturated carbocycles. The van der Waals surface area contributed by atoms with E-state index in [0.29, 0.717) is 17.3 Å². The van der Waals surface area contributed by atoms with Crippen molar-refractivity contribution < 1.29 is 0 Å². The van der Waals surface area contributed by atoms with Crippen LogP contribution >= 0.6 is 0 Å². The number of nitrogens with two attached hydrogens (primary N) is 1. The van der Waals surface area contributed by atoms with Gasteiger partial charge in [0.25, 0.3) is 0 Å². The molecule has 3 N–H and O–H groups in total. The lowest BCUT2D eigenvalue weighted by Gasteiger charge is -2.39. The van der Waals surface area contributed by atoms with Crippen LogP contribution in [0.4, 0.5) is 11.6 Å². The number of aryl methyl sites for hydroxylation is 1. The number of rotatable bonds is 3. The molecule has 1 heterocycles. The molecular weight excluding hydrogens is 236 g/mol. The van der Waals surface area contributed by atoms with Crippen molar-refractivity contribution in [1.29, 1.82) is 0 Å². The number of hydrogen-bond acceptors (Lipinski definition) is 4. The van der Waals surface area contributed by atoms with E-state index >= 15 is 0 Å². The van der Waals surface area contributed by atoms with E-state index in [4.69, 9.17) is 5.73 Å². The van der Waals surface area contributed by atoms with Crippen LogP contribution in [0.25, 0.3) is 0 Å². The molecule has 0 aromatic carbocycles. The lowest BCUT2D eigenvalue weighted by Crippen LogP contribution is -2.39. The Morgan fingerprint density at radius 3 is 2.68 bits per heavy atom. The number of nitrogens with one attached hydrogen (secondary N) is 1. The summed E-state index contributed by atoms with van der Waals surface area (Å²) in [6, 6.07) is 0.471. The van der Waals surface area contributed by atoms with Crippen LogP contribution < -0.4 is 11.1 Å². The number of hydrogen-bond donors (Lipinski definition) is 2. The van der Waals surface area contributed by atoms with Crippen LogP contribution in [0.5, 0.6) is 0 Å². The highest BCUT2D eigenvalue weighted by molar-refractivity contribution is 5.55. The summed E-state index contributed by atoms with van der Waals surface area (Å²) in [5, 5.41) is 3.62. The van der Waals surface area contributed by atoms with Crippen LogP contribution in [0.15, 0.2) is 0 Å². The predicted octanol–water partition coefficient (Wildman–Crippen LogP) is 3.31. The molecule has 2 rings (SSSR count). The molecule has 1 aromatic heterocycles. The highest BCUT2D eigenvalue weighted by atomic mass is 15.1. The molecule has 1 fully saturated rings. The topological polar surface area (TPSA) is 63.8 Å². The predicted molar refractivity (Wildman–Crippen MR) is 80.2 cm³/mol. The number of nitrogen functional groups attached to an aromatic ring is 1. The Labute approximate surface area is 116 Å². The maximum Gasteiger partial charge on any atom is 0.135 e. The first-order chi connectivity index (χ1) is 8.94. The fourth-order valence-corrected chi connectivity index (χ4v) is 2.81. The van der Waals surface area contributed by atoms with Gasteiger partial charge >= 0.3 is 0 Å². The van der Waals surface area contributed by atoms with Gasteiger partial charge in [0.05, 0.1) is 0 Å². The average molecular weight is 262 g/mol. The lowest BCUT2D eigenvalue weighted by atomic mass is 9.73. The molecule has 1 aromatic rings. The normalized spacial score (nSPS) is 22.2. The van der Waals surface area contributed by atoms with Gasteiger partial charge in [0.1, 0.15) is 17.5 Å². The van der Waals surface area contributed by atoms with E-state index in [2.05, 4.69) is 36.1 Å². The van der Waals surface area contributed by atoms with Crippen molar-refractivity contribution in [2.24, 2.45) is 5.41 Å². The van der Waals surface area contributed by atoms with Gasteiger partial charge < -0.3 is 11.1 Å². The van der Waals surface area contributed by atoms with Gasteiger partial charge in [0.2, 0.25) is 0 Å².